The van der Waals surface area contributed by atoms with Crippen LogP contribution in [0.15, 0.2) is 24.3 Å². The van der Waals surface area contributed by atoms with Gasteiger partial charge in [-0.25, -0.2) is 4.98 Å². The molecule has 0 saturated heterocycles. The average Bonchev–Trinajstić information content (AvgIpc) is 3.29. The number of rotatable bonds is 4. The van der Waals surface area contributed by atoms with E-state index in [1.54, 1.807) is 18.4 Å². The van der Waals surface area contributed by atoms with E-state index in [1.165, 1.54) is 10.4 Å². The molecular weight excluding hydrogens is 322 g/mol. The van der Waals surface area contributed by atoms with Crippen molar-refractivity contribution in [1.29, 1.82) is 0 Å². The third-order valence-electron chi connectivity index (χ3n) is 4.82. The van der Waals surface area contributed by atoms with E-state index >= 15 is 0 Å². The molecule has 2 atom stereocenters. The molecule has 0 spiro atoms. The number of nitrogens with zero attached hydrogens (tertiary/aromatic N) is 2. The lowest BCUT2D eigenvalue weighted by Crippen LogP contribution is -2.25. The molecule has 1 saturated carbocycles. The number of thiazole rings is 1. The van der Waals surface area contributed by atoms with Crippen LogP contribution in [0.5, 0.6) is 5.75 Å². The Morgan fingerprint density at radius 1 is 1.38 bits per heavy atom. The van der Waals surface area contributed by atoms with Crippen molar-refractivity contribution in [2.45, 2.75) is 25.3 Å². The smallest absolute Gasteiger partial charge is 0.229 e. The Morgan fingerprint density at radius 3 is 2.92 bits per heavy atom. The van der Waals surface area contributed by atoms with Gasteiger partial charge in [0.1, 0.15) is 5.75 Å². The van der Waals surface area contributed by atoms with Gasteiger partial charge in [0.2, 0.25) is 5.91 Å². The third-order valence-corrected chi connectivity index (χ3v) is 5.82. The van der Waals surface area contributed by atoms with Crippen molar-refractivity contribution < 1.29 is 9.53 Å². The number of anilines is 1. The monoisotopic (exact) mass is 343 g/mol. The fourth-order valence-electron chi connectivity index (χ4n) is 3.28. The predicted molar refractivity (Wildman–Crippen MR) is 94.6 cm³/mol. The lowest BCUT2D eigenvalue weighted by Gasteiger charge is -2.20. The summed E-state index contributed by atoms with van der Waals surface area (Å²) < 4.78 is 5.18. The molecule has 2 aliphatic rings. The van der Waals surface area contributed by atoms with Gasteiger partial charge in [-0.2, -0.15) is 0 Å². The quantitative estimate of drug-likeness (QED) is 0.927. The van der Waals surface area contributed by atoms with Crippen molar-refractivity contribution in [3.05, 3.63) is 40.4 Å². The minimum absolute atomic E-state index is 0.0574. The molecule has 126 valence electrons. The Balaban J connectivity index is 1.39. The highest BCUT2D eigenvalue weighted by Gasteiger charge is 2.44. The number of hydrogen-bond donors (Lipinski definition) is 1. The van der Waals surface area contributed by atoms with Crippen molar-refractivity contribution in [1.82, 2.24) is 9.88 Å². The van der Waals surface area contributed by atoms with Gasteiger partial charge in [0, 0.05) is 30.3 Å². The molecule has 1 aliphatic heterocycles. The molecule has 1 N–H and O–H groups in total. The third kappa shape index (κ3) is 3.03. The zero-order chi connectivity index (χ0) is 16.7. The van der Waals surface area contributed by atoms with Gasteiger partial charge in [-0.3, -0.25) is 4.79 Å². The van der Waals surface area contributed by atoms with Crippen molar-refractivity contribution in [2.75, 3.05) is 26.0 Å². The van der Waals surface area contributed by atoms with Gasteiger partial charge in [-0.15, -0.1) is 11.3 Å². The first kappa shape index (κ1) is 15.6. The van der Waals surface area contributed by atoms with Gasteiger partial charge in [0.05, 0.1) is 12.8 Å². The van der Waals surface area contributed by atoms with E-state index in [0.717, 1.165) is 42.5 Å². The molecule has 4 rings (SSSR count). The molecule has 0 radical (unpaired) electrons. The second-order valence-corrected chi connectivity index (χ2v) is 7.67. The van der Waals surface area contributed by atoms with E-state index in [4.69, 9.17) is 4.74 Å². The molecule has 2 heterocycles. The Kier molecular flexibility index (Phi) is 4.02. The van der Waals surface area contributed by atoms with Crippen LogP contribution >= 0.6 is 11.3 Å². The second kappa shape index (κ2) is 6.18. The SMILES string of the molecule is COc1ccc([C@H]2C[C@H]2C(=O)Nc2nc3c(s2)CN(C)CC3)cc1. The summed E-state index contributed by atoms with van der Waals surface area (Å²) >= 11 is 1.61. The zero-order valence-corrected chi connectivity index (χ0v) is 14.7. The van der Waals surface area contributed by atoms with Crippen LogP contribution in [-0.2, 0) is 17.8 Å². The van der Waals surface area contributed by atoms with Crippen LogP contribution in [0.25, 0.3) is 0 Å². The number of likely N-dealkylation sites (N-methyl/N-ethyl adjacent to an activating group) is 1. The standard InChI is InChI=1S/C18H21N3O2S/c1-21-8-7-15-16(10-21)24-18(19-15)20-17(22)14-9-13(14)11-3-5-12(23-2)6-4-11/h3-6,13-14H,7-10H2,1-2H3,(H,19,20,22)/t13-,14-/m1/s1. The van der Waals surface area contributed by atoms with E-state index in [1.807, 2.05) is 12.1 Å². The molecule has 0 bridgehead atoms. The first-order valence-corrected chi connectivity index (χ1v) is 9.07. The van der Waals surface area contributed by atoms with E-state index in [-0.39, 0.29) is 11.8 Å². The Labute approximate surface area is 145 Å². The van der Waals surface area contributed by atoms with Crippen LogP contribution in [0.2, 0.25) is 0 Å². The van der Waals surface area contributed by atoms with Crippen molar-refractivity contribution in [3.8, 4) is 5.75 Å². The van der Waals surface area contributed by atoms with Crippen LogP contribution in [0, 0.1) is 5.92 Å². The highest BCUT2D eigenvalue weighted by atomic mass is 32.1. The lowest BCUT2D eigenvalue weighted by atomic mass is 10.1. The number of carbonyl (C=O) groups is 1. The van der Waals surface area contributed by atoms with Crippen LogP contribution in [-0.4, -0.2) is 36.5 Å². The first-order valence-electron chi connectivity index (χ1n) is 8.26. The maximum atomic E-state index is 12.5. The maximum absolute atomic E-state index is 12.5. The molecule has 1 aromatic heterocycles. The van der Waals surface area contributed by atoms with Gasteiger partial charge < -0.3 is 15.0 Å². The molecule has 1 fully saturated rings. The van der Waals surface area contributed by atoms with Crippen LogP contribution in [0.1, 0.15) is 28.5 Å². The minimum atomic E-state index is 0.0574. The molecule has 1 aromatic carbocycles. The summed E-state index contributed by atoms with van der Waals surface area (Å²) in [7, 11) is 3.78. The van der Waals surface area contributed by atoms with E-state index in [9.17, 15) is 4.79 Å². The molecule has 0 unspecified atom stereocenters. The van der Waals surface area contributed by atoms with Gasteiger partial charge in [-0.1, -0.05) is 12.1 Å². The fraction of sp³-hybridized carbons (Fsp3) is 0.444. The number of carbonyl (C=O) groups excluding carboxylic acids is 1. The highest BCUT2D eigenvalue weighted by molar-refractivity contribution is 7.15. The Bertz CT molecular complexity index is 756. The second-order valence-electron chi connectivity index (χ2n) is 6.59. The molecule has 5 nitrogen and oxygen atoms in total. The topological polar surface area (TPSA) is 54.5 Å². The number of benzene rings is 1. The molecule has 24 heavy (non-hydrogen) atoms. The normalized spacial score (nSPS) is 22.8. The van der Waals surface area contributed by atoms with Crippen LogP contribution < -0.4 is 10.1 Å². The van der Waals surface area contributed by atoms with E-state index < -0.39 is 0 Å². The number of aromatic nitrogens is 1. The molecular formula is C18H21N3O2S. The number of nitrogens with one attached hydrogen (secondary N) is 1. The summed E-state index contributed by atoms with van der Waals surface area (Å²) in [5.41, 5.74) is 2.35. The Hall–Kier alpha value is -1.92. The summed E-state index contributed by atoms with van der Waals surface area (Å²) in [5.74, 6) is 1.31. The molecule has 6 heteroatoms. The van der Waals surface area contributed by atoms with Gasteiger partial charge in [-0.05, 0) is 37.1 Å². The predicted octanol–water partition coefficient (Wildman–Crippen LogP) is 2.88. The van der Waals surface area contributed by atoms with E-state index in [2.05, 4.69) is 34.4 Å². The number of amides is 1. The molecule has 1 aliphatic carbocycles. The zero-order valence-electron chi connectivity index (χ0n) is 13.9. The van der Waals surface area contributed by atoms with Crippen molar-refractivity contribution >= 4 is 22.4 Å². The summed E-state index contributed by atoms with van der Waals surface area (Å²) in [6.45, 7) is 1.97. The molecule has 1 amide bonds. The first-order chi connectivity index (χ1) is 11.6. The maximum Gasteiger partial charge on any atom is 0.229 e. The molecule has 2 aromatic rings. The van der Waals surface area contributed by atoms with Crippen molar-refractivity contribution in [3.63, 3.8) is 0 Å². The number of hydrogen-bond acceptors (Lipinski definition) is 5. The Morgan fingerprint density at radius 2 is 2.17 bits per heavy atom. The summed E-state index contributed by atoms with van der Waals surface area (Å²) in [6, 6.07) is 8.01. The largest absolute Gasteiger partial charge is 0.497 e. The highest BCUT2D eigenvalue weighted by Crippen LogP contribution is 2.48. The lowest BCUT2D eigenvalue weighted by molar-refractivity contribution is -0.117. The fourth-order valence-corrected chi connectivity index (χ4v) is 4.37. The number of fused-ring (bicyclic) bond motifs is 1. The summed E-state index contributed by atoms with van der Waals surface area (Å²) in [6.07, 6.45) is 1.88. The number of methoxy groups -OCH3 is 1. The number of ether oxygens (including phenoxy) is 1. The summed E-state index contributed by atoms with van der Waals surface area (Å²) in [5, 5.41) is 3.77. The van der Waals surface area contributed by atoms with Gasteiger partial charge in [0.15, 0.2) is 5.13 Å². The minimum Gasteiger partial charge on any atom is -0.497 e. The van der Waals surface area contributed by atoms with E-state index in [0.29, 0.717) is 5.92 Å². The van der Waals surface area contributed by atoms with Crippen LogP contribution in [0.3, 0.4) is 0 Å². The van der Waals surface area contributed by atoms with Crippen LogP contribution in [0.4, 0.5) is 5.13 Å². The van der Waals surface area contributed by atoms with Crippen molar-refractivity contribution in [2.24, 2.45) is 5.92 Å². The average molecular weight is 343 g/mol. The van der Waals surface area contributed by atoms with Gasteiger partial charge in [0.25, 0.3) is 0 Å². The van der Waals surface area contributed by atoms with Gasteiger partial charge >= 0.3 is 0 Å². The summed E-state index contributed by atoms with van der Waals surface area (Å²) in [4.78, 5) is 20.6.